The van der Waals surface area contributed by atoms with E-state index in [1.807, 2.05) is 24.3 Å². The van der Waals surface area contributed by atoms with Crippen molar-refractivity contribution in [2.45, 2.75) is 57.7 Å². The molecule has 1 aliphatic rings. The van der Waals surface area contributed by atoms with Crippen LogP contribution in [-0.4, -0.2) is 35.9 Å². The van der Waals surface area contributed by atoms with Crippen LogP contribution < -0.4 is 10.1 Å². The topological polar surface area (TPSA) is 58.6 Å². The molecule has 1 atom stereocenters. The zero-order chi connectivity index (χ0) is 21.5. The van der Waals surface area contributed by atoms with E-state index in [0.717, 1.165) is 31.2 Å². The number of benzene rings is 2. The van der Waals surface area contributed by atoms with Crippen LogP contribution in [0.4, 0.5) is 4.39 Å². The Morgan fingerprint density at radius 2 is 1.90 bits per heavy atom. The lowest BCUT2D eigenvalue weighted by Gasteiger charge is -2.30. The molecular formula is C24H29FN2O3. The van der Waals surface area contributed by atoms with Crippen molar-refractivity contribution < 1.29 is 18.7 Å². The highest BCUT2D eigenvalue weighted by molar-refractivity contribution is 5.88. The molecule has 0 bridgehead atoms. The van der Waals surface area contributed by atoms with E-state index in [2.05, 4.69) is 5.32 Å². The van der Waals surface area contributed by atoms with Gasteiger partial charge in [-0.05, 0) is 49.1 Å². The molecule has 0 aromatic heterocycles. The molecule has 0 saturated heterocycles. The average molecular weight is 413 g/mol. The minimum absolute atomic E-state index is 0.0995. The largest absolute Gasteiger partial charge is 0.497 e. The van der Waals surface area contributed by atoms with Gasteiger partial charge in [0, 0.05) is 12.6 Å². The van der Waals surface area contributed by atoms with Crippen molar-refractivity contribution >= 4 is 11.8 Å². The molecule has 0 radical (unpaired) electrons. The van der Waals surface area contributed by atoms with Crippen molar-refractivity contribution in [1.29, 1.82) is 0 Å². The van der Waals surface area contributed by atoms with Gasteiger partial charge in [-0.2, -0.15) is 0 Å². The number of carbonyl (C=O) groups excluding carboxylic acids is 2. The quantitative estimate of drug-likeness (QED) is 0.716. The highest BCUT2D eigenvalue weighted by atomic mass is 19.1. The zero-order valence-corrected chi connectivity index (χ0v) is 17.6. The number of methoxy groups -OCH3 is 1. The number of ether oxygens (including phenoxy) is 1. The molecule has 1 saturated carbocycles. The Kier molecular flexibility index (Phi) is 7.44. The van der Waals surface area contributed by atoms with E-state index < -0.39 is 11.9 Å². The van der Waals surface area contributed by atoms with Gasteiger partial charge in [0.1, 0.15) is 17.6 Å². The van der Waals surface area contributed by atoms with Gasteiger partial charge in [-0.15, -0.1) is 0 Å². The molecule has 1 unspecified atom stereocenters. The summed E-state index contributed by atoms with van der Waals surface area (Å²) in [4.78, 5) is 27.5. The lowest BCUT2D eigenvalue weighted by molar-refractivity contribution is -0.140. The van der Waals surface area contributed by atoms with Crippen molar-refractivity contribution in [3.05, 3.63) is 65.5 Å². The number of rotatable bonds is 8. The lowest BCUT2D eigenvalue weighted by atomic mass is 10.1. The number of hydrogen-bond donors (Lipinski definition) is 1. The van der Waals surface area contributed by atoms with E-state index in [0.29, 0.717) is 11.3 Å². The summed E-state index contributed by atoms with van der Waals surface area (Å²) in [6.07, 6.45) is 4.06. The first kappa shape index (κ1) is 21.8. The highest BCUT2D eigenvalue weighted by Crippen LogP contribution is 2.20. The van der Waals surface area contributed by atoms with E-state index in [1.54, 1.807) is 32.2 Å². The van der Waals surface area contributed by atoms with Gasteiger partial charge in [-0.3, -0.25) is 9.59 Å². The third-order valence-corrected chi connectivity index (χ3v) is 5.66. The van der Waals surface area contributed by atoms with E-state index >= 15 is 0 Å². The molecule has 1 fully saturated rings. The van der Waals surface area contributed by atoms with Gasteiger partial charge in [0.15, 0.2) is 0 Å². The molecule has 0 spiro atoms. The van der Waals surface area contributed by atoms with Crippen LogP contribution in [0.15, 0.2) is 48.5 Å². The molecule has 2 amide bonds. The Morgan fingerprint density at radius 1 is 1.17 bits per heavy atom. The predicted octanol–water partition coefficient (Wildman–Crippen LogP) is 3.85. The summed E-state index contributed by atoms with van der Waals surface area (Å²) in [7, 11) is 1.58. The normalized spacial score (nSPS) is 14.9. The molecule has 6 heteroatoms. The van der Waals surface area contributed by atoms with Crippen LogP contribution >= 0.6 is 0 Å². The Balaban J connectivity index is 1.79. The van der Waals surface area contributed by atoms with Crippen LogP contribution in [0.25, 0.3) is 0 Å². The maximum Gasteiger partial charge on any atom is 0.242 e. The molecule has 0 aliphatic heterocycles. The summed E-state index contributed by atoms with van der Waals surface area (Å²) >= 11 is 0. The molecule has 2 aromatic rings. The molecule has 2 aromatic carbocycles. The Hall–Kier alpha value is -2.89. The Labute approximate surface area is 177 Å². The fraction of sp³-hybridized carbons (Fsp3) is 0.417. The van der Waals surface area contributed by atoms with Crippen LogP contribution in [0.5, 0.6) is 5.75 Å². The van der Waals surface area contributed by atoms with Gasteiger partial charge in [-0.1, -0.05) is 43.2 Å². The molecule has 30 heavy (non-hydrogen) atoms. The predicted molar refractivity (Wildman–Crippen MR) is 114 cm³/mol. The maximum absolute atomic E-state index is 14.1. The summed E-state index contributed by atoms with van der Waals surface area (Å²) in [6, 6.07) is 13.1. The van der Waals surface area contributed by atoms with Gasteiger partial charge in [0.2, 0.25) is 11.8 Å². The SMILES string of the molecule is COc1cccc(CN(C(=O)Cc2ccccc2F)C(C)C(=O)NC2CCCC2)c1. The molecule has 5 nitrogen and oxygen atoms in total. The van der Waals surface area contributed by atoms with Gasteiger partial charge >= 0.3 is 0 Å². The van der Waals surface area contributed by atoms with E-state index in [-0.39, 0.29) is 30.8 Å². The van der Waals surface area contributed by atoms with Crippen molar-refractivity contribution in [3.8, 4) is 5.75 Å². The van der Waals surface area contributed by atoms with Gasteiger partial charge in [0.05, 0.1) is 13.5 Å². The van der Waals surface area contributed by atoms with Crippen LogP contribution in [0, 0.1) is 5.82 Å². The Morgan fingerprint density at radius 3 is 2.60 bits per heavy atom. The van der Waals surface area contributed by atoms with Gasteiger partial charge in [0.25, 0.3) is 0 Å². The van der Waals surface area contributed by atoms with Crippen molar-refractivity contribution in [2.24, 2.45) is 0 Å². The van der Waals surface area contributed by atoms with Crippen LogP contribution in [0.1, 0.15) is 43.7 Å². The summed E-state index contributed by atoms with van der Waals surface area (Å²) in [5.74, 6) is -0.212. The first-order valence-electron chi connectivity index (χ1n) is 10.4. The second kappa shape index (κ2) is 10.2. The fourth-order valence-electron chi connectivity index (χ4n) is 3.85. The Bertz CT molecular complexity index is 880. The second-order valence-corrected chi connectivity index (χ2v) is 7.81. The molecule has 3 rings (SSSR count). The number of nitrogens with one attached hydrogen (secondary N) is 1. The standard InChI is InChI=1S/C24H29FN2O3/c1-17(24(29)26-20-10-4-5-11-20)27(16-18-8-7-12-21(14-18)30-2)23(28)15-19-9-3-6-13-22(19)25/h3,6-9,12-14,17,20H,4-5,10-11,15-16H2,1-2H3,(H,26,29). The lowest BCUT2D eigenvalue weighted by Crippen LogP contribution is -2.50. The highest BCUT2D eigenvalue weighted by Gasteiger charge is 2.29. The van der Waals surface area contributed by atoms with Crippen LogP contribution in [0.3, 0.4) is 0 Å². The minimum atomic E-state index is -0.670. The molecule has 0 heterocycles. The van der Waals surface area contributed by atoms with Gasteiger partial charge in [-0.25, -0.2) is 4.39 Å². The van der Waals surface area contributed by atoms with E-state index in [9.17, 15) is 14.0 Å². The third-order valence-electron chi connectivity index (χ3n) is 5.66. The maximum atomic E-state index is 14.1. The number of halogens is 1. The summed E-state index contributed by atoms with van der Waals surface area (Å²) in [5.41, 5.74) is 1.17. The van der Waals surface area contributed by atoms with Crippen molar-refractivity contribution in [3.63, 3.8) is 0 Å². The monoisotopic (exact) mass is 412 g/mol. The number of amides is 2. The van der Waals surface area contributed by atoms with Gasteiger partial charge < -0.3 is 15.0 Å². The molecule has 1 aliphatic carbocycles. The molecule has 1 N–H and O–H groups in total. The van der Waals surface area contributed by atoms with Crippen LogP contribution in [0.2, 0.25) is 0 Å². The number of carbonyl (C=O) groups is 2. The smallest absolute Gasteiger partial charge is 0.242 e. The third kappa shape index (κ3) is 5.59. The van der Waals surface area contributed by atoms with E-state index in [4.69, 9.17) is 4.74 Å². The van der Waals surface area contributed by atoms with Crippen molar-refractivity contribution in [1.82, 2.24) is 10.2 Å². The zero-order valence-electron chi connectivity index (χ0n) is 17.6. The van der Waals surface area contributed by atoms with Crippen molar-refractivity contribution in [2.75, 3.05) is 7.11 Å². The van der Waals surface area contributed by atoms with E-state index in [1.165, 1.54) is 11.0 Å². The first-order chi connectivity index (χ1) is 14.5. The summed E-state index contributed by atoms with van der Waals surface area (Å²) in [5, 5.41) is 3.07. The second-order valence-electron chi connectivity index (χ2n) is 7.81. The fourth-order valence-corrected chi connectivity index (χ4v) is 3.85. The van der Waals surface area contributed by atoms with Crippen LogP contribution in [-0.2, 0) is 22.6 Å². The summed E-state index contributed by atoms with van der Waals surface area (Å²) < 4.78 is 19.4. The summed E-state index contributed by atoms with van der Waals surface area (Å²) in [6.45, 7) is 1.97. The molecule has 160 valence electrons. The first-order valence-corrected chi connectivity index (χ1v) is 10.4. The molecular weight excluding hydrogens is 383 g/mol. The number of nitrogens with zero attached hydrogens (tertiary/aromatic N) is 1. The average Bonchev–Trinajstić information content (AvgIpc) is 3.26. The minimum Gasteiger partial charge on any atom is -0.497 e. The number of hydrogen-bond acceptors (Lipinski definition) is 3.